The number of amides is 1. The predicted octanol–water partition coefficient (Wildman–Crippen LogP) is 1.09. The van der Waals surface area contributed by atoms with Crippen molar-refractivity contribution in [3.05, 3.63) is 23.9 Å². The zero-order chi connectivity index (χ0) is 13.4. The summed E-state index contributed by atoms with van der Waals surface area (Å²) in [7, 11) is 1.57. The fraction of sp³-hybridized carbons (Fsp3) is 0.538. The van der Waals surface area contributed by atoms with E-state index in [0.717, 1.165) is 12.0 Å². The second-order valence-corrected chi connectivity index (χ2v) is 4.17. The van der Waals surface area contributed by atoms with E-state index in [-0.39, 0.29) is 5.91 Å². The number of carbonyl (C=O) groups is 1. The molecule has 1 aromatic heterocycles. The van der Waals surface area contributed by atoms with Crippen molar-refractivity contribution in [1.29, 1.82) is 0 Å². The van der Waals surface area contributed by atoms with E-state index in [1.807, 2.05) is 12.1 Å². The van der Waals surface area contributed by atoms with Crippen molar-refractivity contribution in [2.24, 2.45) is 0 Å². The van der Waals surface area contributed by atoms with Crippen LogP contribution < -0.4 is 15.4 Å². The molecule has 0 saturated carbocycles. The van der Waals surface area contributed by atoms with Crippen LogP contribution in [0.4, 0.5) is 0 Å². The molecule has 5 heteroatoms. The average molecular weight is 251 g/mol. The van der Waals surface area contributed by atoms with Gasteiger partial charge in [0.05, 0.1) is 13.7 Å². The number of aromatic nitrogens is 1. The maximum absolute atomic E-state index is 11.6. The third-order valence-corrected chi connectivity index (χ3v) is 2.72. The van der Waals surface area contributed by atoms with Crippen LogP contribution in [0.2, 0.25) is 0 Å². The zero-order valence-corrected chi connectivity index (χ0v) is 11.2. The molecule has 18 heavy (non-hydrogen) atoms. The highest BCUT2D eigenvalue weighted by molar-refractivity contribution is 5.78. The molecule has 0 aliphatic heterocycles. The van der Waals surface area contributed by atoms with E-state index in [0.29, 0.717) is 25.0 Å². The van der Waals surface area contributed by atoms with E-state index in [9.17, 15) is 4.79 Å². The van der Waals surface area contributed by atoms with Crippen LogP contribution in [0.5, 0.6) is 5.88 Å². The average Bonchev–Trinajstić information content (AvgIpc) is 2.42. The minimum absolute atomic E-state index is 0.00826. The molecule has 1 atom stereocenters. The minimum atomic E-state index is -0.00826. The van der Waals surface area contributed by atoms with Crippen molar-refractivity contribution in [2.45, 2.75) is 32.9 Å². The summed E-state index contributed by atoms with van der Waals surface area (Å²) in [5.41, 5.74) is 0.971. The van der Waals surface area contributed by atoms with Crippen LogP contribution in [0.1, 0.15) is 25.8 Å². The second kappa shape index (κ2) is 7.66. The molecule has 1 rings (SSSR count). The Bertz CT molecular complexity index is 382. The van der Waals surface area contributed by atoms with Gasteiger partial charge in [0.1, 0.15) is 0 Å². The van der Waals surface area contributed by atoms with Crippen molar-refractivity contribution < 1.29 is 9.53 Å². The van der Waals surface area contributed by atoms with E-state index >= 15 is 0 Å². The van der Waals surface area contributed by atoms with Crippen LogP contribution in [0, 0.1) is 0 Å². The number of rotatable bonds is 7. The molecule has 2 N–H and O–H groups in total. The lowest BCUT2D eigenvalue weighted by Gasteiger charge is -2.11. The summed E-state index contributed by atoms with van der Waals surface area (Å²) < 4.78 is 5.02. The second-order valence-electron chi connectivity index (χ2n) is 4.17. The molecule has 0 saturated heterocycles. The Hall–Kier alpha value is -1.62. The van der Waals surface area contributed by atoms with Crippen LogP contribution in [0.3, 0.4) is 0 Å². The monoisotopic (exact) mass is 251 g/mol. The lowest BCUT2D eigenvalue weighted by molar-refractivity contribution is -0.120. The summed E-state index contributed by atoms with van der Waals surface area (Å²) in [6.07, 6.45) is 2.67. The molecule has 1 aromatic rings. The predicted molar refractivity (Wildman–Crippen MR) is 70.4 cm³/mol. The number of ether oxygens (including phenoxy) is 1. The Kier molecular flexibility index (Phi) is 6.14. The van der Waals surface area contributed by atoms with E-state index in [1.54, 1.807) is 13.3 Å². The number of methoxy groups -OCH3 is 1. The topological polar surface area (TPSA) is 63.2 Å². The number of pyridine rings is 1. The normalized spacial score (nSPS) is 11.9. The lowest BCUT2D eigenvalue weighted by Crippen LogP contribution is -2.37. The molecule has 0 aromatic carbocycles. The van der Waals surface area contributed by atoms with Gasteiger partial charge in [-0.15, -0.1) is 0 Å². The van der Waals surface area contributed by atoms with Crippen molar-refractivity contribution in [1.82, 2.24) is 15.6 Å². The van der Waals surface area contributed by atoms with E-state index in [4.69, 9.17) is 4.74 Å². The summed E-state index contributed by atoms with van der Waals surface area (Å²) in [6, 6.07) is 4.02. The molecule has 0 fully saturated rings. The number of hydrogen-bond acceptors (Lipinski definition) is 4. The van der Waals surface area contributed by atoms with Crippen LogP contribution in [-0.2, 0) is 11.3 Å². The lowest BCUT2D eigenvalue weighted by atomic mass is 10.2. The Labute approximate surface area is 108 Å². The molecule has 0 bridgehead atoms. The summed E-state index contributed by atoms with van der Waals surface area (Å²) >= 11 is 0. The Balaban J connectivity index is 2.33. The third-order valence-electron chi connectivity index (χ3n) is 2.72. The fourth-order valence-corrected chi connectivity index (χ4v) is 1.35. The maximum Gasteiger partial charge on any atom is 0.234 e. The maximum atomic E-state index is 11.6. The van der Waals surface area contributed by atoms with Gasteiger partial charge in [-0.3, -0.25) is 4.79 Å². The zero-order valence-electron chi connectivity index (χ0n) is 11.2. The Morgan fingerprint density at radius 3 is 3.00 bits per heavy atom. The molecule has 0 aliphatic rings. The van der Waals surface area contributed by atoms with Gasteiger partial charge in [0.15, 0.2) is 0 Å². The van der Waals surface area contributed by atoms with Crippen molar-refractivity contribution >= 4 is 5.91 Å². The number of carbonyl (C=O) groups excluding carboxylic acids is 1. The SMILES string of the molecule is CCC(C)NCC(=O)NCc1ccnc(OC)c1. The van der Waals surface area contributed by atoms with E-state index < -0.39 is 0 Å². The number of nitrogens with one attached hydrogen (secondary N) is 2. The third kappa shape index (κ3) is 5.14. The molecule has 0 spiro atoms. The first-order chi connectivity index (χ1) is 8.65. The standard InChI is InChI=1S/C13H21N3O2/c1-4-10(2)15-9-12(17)16-8-11-5-6-14-13(7-11)18-3/h5-7,10,15H,4,8-9H2,1-3H3,(H,16,17). The van der Waals surface area contributed by atoms with Crippen molar-refractivity contribution in [3.63, 3.8) is 0 Å². The van der Waals surface area contributed by atoms with Crippen molar-refractivity contribution in [3.8, 4) is 5.88 Å². The number of nitrogens with zero attached hydrogens (tertiary/aromatic N) is 1. The summed E-state index contributed by atoms with van der Waals surface area (Å²) in [5.74, 6) is 0.547. The first-order valence-corrected chi connectivity index (χ1v) is 6.14. The van der Waals surface area contributed by atoms with Gasteiger partial charge in [-0.2, -0.15) is 0 Å². The fourth-order valence-electron chi connectivity index (χ4n) is 1.35. The summed E-state index contributed by atoms with van der Waals surface area (Å²) in [5, 5.41) is 5.99. The Morgan fingerprint density at radius 2 is 2.33 bits per heavy atom. The van der Waals surface area contributed by atoms with E-state index in [1.165, 1.54) is 0 Å². The summed E-state index contributed by atoms with van der Waals surface area (Å²) in [4.78, 5) is 15.6. The molecule has 1 heterocycles. The van der Waals surface area contributed by atoms with Crippen LogP contribution in [0.25, 0.3) is 0 Å². The van der Waals surface area contributed by atoms with Gasteiger partial charge >= 0.3 is 0 Å². The smallest absolute Gasteiger partial charge is 0.234 e. The van der Waals surface area contributed by atoms with Crippen LogP contribution >= 0.6 is 0 Å². The first-order valence-electron chi connectivity index (χ1n) is 6.14. The molecular weight excluding hydrogens is 230 g/mol. The van der Waals surface area contributed by atoms with E-state index in [2.05, 4.69) is 29.5 Å². The van der Waals surface area contributed by atoms with Gasteiger partial charge in [-0.05, 0) is 25.0 Å². The highest BCUT2D eigenvalue weighted by atomic mass is 16.5. The minimum Gasteiger partial charge on any atom is -0.481 e. The van der Waals surface area contributed by atoms with Gasteiger partial charge in [0, 0.05) is 24.8 Å². The molecular formula is C13H21N3O2. The Morgan fingerprint density at radius 1 is 1.56 bits per heavy atom. The van der Waals surface area contributed by atoms with Gasteiger partial charge in [-0.1, -0.05) is 6.92 Å². The molecule has 100 valence electrons. The van der Waals surface area contributed by atoms with Gasteiger partial charge in [-0.25, -0.2) is 4.98 Å². The molecule has 1 unspecified atom stereocenters. The van der Waals surface area contributed by atoms with Crippen LogP contribution in [-0.4, -0.2) is 30.6 Å². The van der Waals surface area contributed by atoms with Gasteiger partial charge < -0.3 is 15.4 Å². The first kappa shape index (κ1) is 14.4. The van der Waals surface area contributed by atoms with Crippen molar-refractivity contribution in [2.75, 3.05) is 13.7 Å². The largest absolute Gasteiger partial charge is 0.481 e. The van der Waals surface area contributed by atoms with Gasteiger partial charge in [0.25, 0.3) is 0 Å². The highest BCUT2D eigenvalue weighted by Gasteiger charge is 2.04. The molecule has 1 amide bonds. The summed E-state index contributed by atoms with van der Waals surface area (Å²) in [6.45, 7) is 4.97. The molecule has 0 aliphatic carbocycles. The molecule has 0 radical (unpaired) electrons. The van der Waals surface area contributed by atoms with Crippen LogP contribution in [0.15, 0.2) is 18.3 Å². The number of hydrogen-bond donors (Lipinski definition) is 2. The quantitative estimate of drug-likeness (QED) is 0.761. The molecule has 5 nitrogen and oxygen atoms in total. The highest BCUT2D eigenvalue weighted by Crippen LogP contribution is 2.07. The van der Waals surface area contributed by atoms with Gasteiger partial charge in [0.2, 0.25) is 11.8 Å².